The maximum Gasteiger partial charge on any atom is 0.303 e. The summed E-state index contributed by atoms with van der Waals surface area (Å²) in [4.78, 5) is 14.4. The van der Waals surface area contributed by atoms with E-state index in [2.05, 4.69) is 91.9 Å². The molecule has 0 aliphatic carbocycles. The van der Waals surface area contributed by atoms with Crippen LogP contribution in [0.3, 0.4) is 0 Å². The van der Waals surface area contributed by atoms with E-state index in [0.29, 0.717) is 19.5 Å². The normalized spacial score (nSPS) is 12.7. The number of aliphatic carboxylic acids is 1. The Kier molecular flexibility index (Phi) is 11.4. The highest BCUT2D eigenvalue weighted by Crippen LogP contribution is 2.36. The van der Waals surface area contributed by atoms with Gasteiger partial charge in [0.05, 0.1) is 12.5 Å². The van der Waals surface area contributed by atoms with E-state index in [4.69, 9.17) is 5.11 Å². The Morgan fingerprint density at radius 1 is 1.11 bits per heavy atom. The van der Waals surface area contributed by atoms with Gasteiger partial charge in [-0.2, -0.15) is 0 Å². The molecule has 0 radical (unpaired) electrons. The smallest absolute Gasteiger partial charge is 0.303 e. The minimum Gasteiger partial charge on any atom is -0.481 e. The van der Waals surface area contributed by atoms with Crippen LogP contribution in [-0.2, 0) is 17.6 Å². The molecule has 0 bridgehead atoms. The molecule has 7 heteroatoms. The van der Waals surface area contributed by atoms with Gasteiger partial charge in [0.2, 0.25) is 0 Å². The van der Waals surface area contributed by atoms with Gasteiger partial charge in [-0.25, -0.2) is 4.31 Å². The van der Waals surface area contributed by atoms with Gasteiger partial charge in [0.25, 0.3) is 0 Å². The Balaban J connectivity index is 1.50. The van der Waals surface area contributed by atoms with Crippen LogP contribution in [0.15, 0.2) is 59.5 Å². The van der Waals surface area contributed by atoms with E-state index in [1.165, 1.54) is 21.6 Å². The van der Waals surface area contributed by atoms with Gasteiger partial charge in [-0.15, -0.1) is 11.3 Å². The van der Waals surface area contributed by atoms with E-state index in [1.807, 2.05) is 7.05 Å². The molecular formula is C31H42N2O3S2. The maximum atomic E-state index is 11.0. The highest BCUT2D eigenvalue weighted by molar-refractivity contribution is 7.97. The number of hydrogen-bond donors (Lipinski definition) is 3. The zero-order chi connectivity index (χ0) is 27.7. The number of carbonyl (C=O) groups is 1. The lowest BCUT2D eigenvalue weighted by atomic mass is 9.95. The molecule has 0 saturated heterocycles. The lowest BCUT2D eigenvalue weighted by molar-refractivity contribution is -0.136. The first-order valence-electron chi connectivity index (χ1n) is 13.3. The fourth-order valence-corrected chi connectivity index (χ4v) is 6.74. The van der Waals surface area contributed by atoms with Crippen molar-refractivity contribution in [3.8, 4) is 10.4 Å². The number of aliphatic hydroxyl groups excluding tert-OH is 1. The molecule has 2 aromatic carbocycles. The second-order valence-electron chi connectivity index (χ2n) is 10.8. The maximum absolute atomic E-state index is 11.0. The zero-order valence-electron chi connectivity index (χ0n) is 23.3. The fraction of sp³-hybridized carbons (Fsp3) is 0.452. The van der Waals surface area contributed by atoms with Crippen molar-refractivity contribution in [2.75, 3.05) is 20.1 Å². The van der Waals surface area contributed by atoms with Gasteiger partial charge in [0, 0.05) is 33.3 Å². The fourth-order valence-electron chi connectivity index (χ4n) is 4.56. The molecule has 1 aromatic heterocycles. The predicted molar refractivity (Wildman–Crippen MR) is 161 cm³/mol. The van der Waals surface area contributed by atoms with Crippen LogP contribution in [0.2, 0.25) is 0 Å². The van der Waals surface area contributed by atoms with Crippen LogP contribution in [0.25, 0.3) is 10.4 Å². The third-order valence-corrected chi connectivity index (χ3v) is 8.78. The standard InChI is InChI=1S/C31H42N2O3S2/c1-22-16-25(30-23(2)18-27(37-30)13-14-29(35)36)19-28(17-22)38-33(5)21-26(34)20-32-31(3,4)15-9-12-24-10-7-6-8-11-24/h6-8,10-11,16-19,26,32,34H,9,12-15,20-21H2,1-5H3,(H,35,36)/t26-/m1/s1. The molecule has 1 atom stereocenters. The molecule has 0 saturated carbocycles. The highest BCUT2D eigenvalue weighted by atomic mass is 32.2. The minimum atomic E-state index is -0.765. The lowest BCUT2D eigenvalue weighted by Gasteiger charge is -2.29. The van der Waals surface area contributed by atoms with Gasteiger partial charge in [0.1, 0.15) is 0 Å². The molecule has 0 spiro atoms. The summed E-state index contributed by atoms with van der Waals surface area (Å²) < 4.78 is 2.09. The van der Waals surface area contributed by atoms with E-state index in [1.54, 1.807) is 23.3 Å². The summed E-state index contributed by atoms with van der Waals surface area (Å²) in [5.41, 5.74) is 4.85. The summed E-state index contributed by atoms with van der Waals surface area (Å²) in [5, 5.41) is 23.3. The first-order chi connectivity index (χ1) is 18.0. The van der Waals surface area contributed by atoms with Crippen molar-refractivity contribution >= 4 is 29.3 Å². The number of benzene rings is 2. The van der Waals surface area contributed by atoms with Crippen LogP contribution < -0.4 is 5.32 Å². The molecule has 206 valence electrons. The molecule has 0 amide bonds. The van der Waals surface area contributed by atoms with Crippen molar-refractivity contribution in [1.29, 1.82) is 0 Å². The van der Waals surface area contributed by atoms with Gasteiger partial charge in [-0.1, -0.05) is 36.4 Å². The number of rotatable bonds is 15. The third kappa shape index (κ3) is 10.2. The van der Waals surface area contributed by atoms with Crippen molar-refractivity contribution in [3.05, 3.63) is 76.2 Å². The number of β-amino-alcohol motifs (C(OH)–C–C–N with tert-alkyl or cyclic N) is 1. The number of aliphatic hydroxyl groups is 1. The van der Waals surface area contributed by atoms with E-state index in [-0.39, 0.29) is 12.0 Å². The van der Waals surface area contributed by atoms with Crippen LogP contribution in [0.4, 0.5) is 0 Å². The van der Waals surface area contributed by atoms with Crippen LogP contribution in [0.1, 0.15) is 54.7 Å². The Bertz CT molecular complexity index is 1180. The highest BCUT2D eigenvalue weighted by Gasteiger charge is 2.19. The van der Waals surface area contributed by atoms with E-state index < -0.39 is 12.1 Å². The van der Waals surface area contributed by atoms with Crippen LogP contribution in [0, 0.1) is 13.8 Å². The van der Waals surface area contributed by atoms with Gasteiger partial charge >= 0.3 is 5.97 Å². The van der Waals surface area contributed by atoms with Crippen molar-refractivity contribution in [2.24, 2.45) is 0 Å². The largest absolute Gasteiger partial charge is 0.481 e. The monoisotopic (exact) mass is 554 g/mol. The number of carboxylic acid groups (broad SMARTS) is 1. The summed E-state index contributed by atoms with van der Waals surface area (Å²) in [7, 11) is 2.02. The summed E-state index contributed by atoms with van der Waals surface area (Å²) in [6, 6.07) is 19.2. The first kappa shape index (κ1) is 30.4. The second-order valence-corrected chi connectivity index (χ2v) is 13.2. The SMILES string of the molecule is Cc1cc(SN(C)C[C@H](O)CNC(C)(C)CCCc2ccccc2)cc(-c2sc(CCC(=O)O)cc2C)c1. The Labute approximate surface area is 236 Å². The molecule has 0 fully saturated rings. The minimum absolute atomic E-state index is 0.0329. The lowest BCUT2D eigenvalue weighted by Crippen LogP contribution is -2.45. The van der Waals surface area contributed by atoms with Crippen molar-refractivity contribution < 1.29 is 15.0 Å². The summed E-state index contributed by atoms with van der Waals surface area (Å²) in [5.74, 6) is -0.765. The molecule has 0 aliphatic rings. The summed E-state index contributed by atoms with van der Waals surface area (Å²) in [6.45, 7) is 9.70. The molecule has 3 N–H and O–H groups in total. The Morgan fingerprint density at radius 3 is 2.55 bits per heavy atom. The number of aryl methyl sites for hydroxylation is 4. The molecule has 0 aliphatic heterocycles. The van der Waals surface area contributed by atoms with Gasteiger partial charge < -0.3 is 15.5 Å². The average molecular weight is 555 g/mol. The molecule has 38 heavy (non-hydrogen) atoms. The van der Waals surface area contributed by atoms with Crippen LogP contribution in [0.5, 0.6) is 0 Å². The van der Waals surface area contributed by atoms with Crippen molar-refractivity contribution in [2.45, 2.75) is 76.3 Å². The number of likely N-dealkylation sites (N-methyl/N-ethyl adjacent to an activating group) is 1. The second kappa shape index (κ2) is 14.3. The van der Waals surface area contributed by atoms with E-state index >= 15 is 0 Å². The molecule has 5 nitrogen and oxygen atoms in total. The van der Waals surface area contributed by atoms with Crippen molar-refractivity contribution in [3.63, 3.8) is 0 Å². The Hall–Kier alpha value is -2.16. The Morgan fingerprint density at radius 2 is 1.84 bits per heavy atom. The molecular weight excluding hydrogens is 512 g/mol. The number of carboxylic acids is 1. The van der Waals surface area contributed by atoms with Crippen LogP contribution in [-0.4, -0.2) is 52.3 Å². The number of thiophene rings is 1. The number of nitrogens with zero attached hydrogens (tertiary/aromatic N) is 1. The van der Waals surface area contributed by atoms with Crippen molar-refractivity contribution in [1.82, 2.24) is 9.62 Å². The van der Waals surface area contributed by atoms with Gasteiger partial charge in [-0.3, -0.25) is 4.79 Å². The summed E-state index contributed by atoms with van der Waals surface area (Å²) >= 11 is 3.32. The number of nitrogens with one attached hydrogen (secondary N) is 1. The van der Waals surface area contributed by atoms with Crippen LogP contribution >= 0.6 is 23.3 Å². The molecule has 1 heterocycles. The average Bonchev–Trinajstić information content (AvgIpc) is 3.22. The predicted octanol–water partition coefficient (Wildman–Crippen LogP) is 6.74. The quantitative estimate of drug-likeness (QED) is 0.181. The molecule has 3 rings (SSSR count). The summed E-state index contributed by atoms with van der Waals surface area (Å²) in [6.07, 6.45) is 3.47. The molecule has 3 aromatic rings. The third-order valence-electron chi connectivity index (χ3n) is 6.52. The number of hydrogen-bond acceptors (Lipinski definition) is 6. The van der Waals surface area contributed by atoms with Gasteiger partial charge in [0.15, 0.2) is 0 Å². The van der Waals surface area contributed by atoms with Gasteiger partial charge in [-0.05, 0) is 113 Å². The first-order valence-corrected chi connectivity index (χ1v) is 14.9. The molecule has 0 unspecified atom stereocenters. The van der Waals surface area contributed by atoms with E-state index in [0.717, 1.165) is 34.6 Å². The zero-order valence-corrected chi connectivity index (χ0v) is 24.9. The topological polar surface area (TPSA) is 72.8 Å². The van der Waals surface area contributed by atoms with E-state index in [9.17, 15) is 9.90 Å².